The van der Waals surface area contributed by atoms with Crippen LogP contribution in [0.15, 0.2) is 47.6 Å². The topological polar surface area (TPSA) is 89.0 Å². The largest absolute Gasteiger partial charge is 0.493 e. The van der Waals surface area contributed by atoms with Crippen LogP contribution in [0.4, 0.5) is 0 Å². The number of methoxy groups -OCH3 is 2. The average Bonchev–Trinajstić information content (AvgIpc) is 2.65. The number of hydrogen-bond donors (Lipinski definition) is 2. The van der Waals surface area contributed by atoms with Gasteiger partial charge in [-0.15, -0.1) is 0 Å². The van der Waals surface area contributed by atoms with Crippen LogP contribution >= 0.6 is 11.6 Å². The van der Waals surface area contributed by atoms with Crippen LogP contribution in [-0.4, -0.2) is 38.8 Å². The van der Waals surface area contributed by atoms with Crippen molar-refractivity contribution in [2.24, 2.45) is 5.10 Å². The van der Waals surface area contributed by atoms with E-state index >= 15 is 0 Å². The lowest BCUT2D eigenvalue weighted by Gasteiger charge is -2.07. The van der Waals surface area contributed by atoms with Crippen molar-refractivity contribution in [3.05, 3.63) is 58.6 Å². The summed E-state index contributed by atoms with van der Waals surface area (Å²) in [5.74, 6) is 0.289. The van der Waals surface area contributed by atoms with Crippen LogP contribution in [0.25, 0.3) is 0 Å². The molecule has 0 bridgehead atoms. The number of ether oxygens (including phenoxy) is 2. The monoisotopic (exact) mass is 375 g/mol. The van der Waals surface area contributed by atoms with Crippen LogP contribution in [0.1, 0.15) is 15.9 Å². The number of hydrogen-bond acceptors (Lipinski definition) is 5. The molecule has 0 radical (unpaired) electrons. The first-order valence-corrected chi connectivity index (χ1v) is 7.99. The minimum Gasteiger partial charge on any atom is -0.493 e. The Balaban J connectivity index is 1.85. The molecule has 0 saturated heterocycles. The Morgan fingerprint density at radius 2 is 1.88 bits per heavy atom. The van der Waals surface area contributed by atoms with E-state index in [1.165, 1.54) is 19.4 Å². The van der Waals surface area contributed by atoms with E-state index in [-0.39, 0.29) is 6.54 Å². The maximum Gasteiger partial charge on any atom is 0.259 e. The zero-order valence-corrected chi connectivity index (χ0v) is 15.0. The molecule has 0 aliphatic heterocycles. The number of rotatable bonds is 7. The van der Waals surface area contributed by atoms with Gasteiger partial charge in [0.1, 0.15) is 0 Å². The molecule has 0 aromatic heterocycles. The van der Waals surface area contributed by atoms with Crippen molar-refractivity contribution < 1.29 is 19.1 Å². The Kier molecular flexibility index (Phi) is 6.99. The van der Waals surface area contributed by atoms with Crippen molar-refractivity contribution in [3.8, 4) is 11.5 Å². The fraction of sp³-hybridized carbons (Fsp3) is 0.167. The third-order valence-corrected chi connectivity index (χ3v) is 3.54. The first-order valence-electron chi connectivity index (χ1n) is 7.61. The predicted molar refractivity (Wildman–Crippen MR) is 99.1 cm³/mol. The second-order valence-corrected chi connectivity index (χ2v) is 5.54. The zero-order valence-electron chi connectivity index (χ0n) is 14.3. The summed E-state index contributed by atoms with van der Waals surface area (Å²) in [6.07, 6.45) is 1.46. The van der Waals surface area contributed by atoms with Crippen molar-refractivity contribution >= 4 is 29.6 Å². The summed E-state index contributed by atoms with van der Waals surface area (Å²) in [5, 5.41) is 6.78. The van der Waals surface area contributed by atoms with Gasteiger partial charge in [0.05, 0.1) is 27.0 Å². The highest BCUT2D eigenvalue weighted by Crippen LogP contribution is 2.26. The number of carbonyl (C=O) groups is 2. The first-order chi connectivity index (χ1) is 12.5. The van der Waals surface area contributed by atoms with Crippen LogP contribution in [0, 0.1) is 0 Å². The Morgan fingerprint density at radius 3 is 2.58 bits per heavy atom. The lowest BCUT2D eigenvalue weighted by Crippen LogP contribution is -2.34. The number of halogens is 1. The van der Waals surface area contributed by atoms with E-state index in [0.29, 0.717) is 27.6 Å². The van der Waals surface area contributed by atoms with Gasteiger partial charge in [-0.3, -0.25) is 9.59 Å². The molecule has 0 heterocycles. The molecule has 0 saturated carbocycles. The van der Waals surface area contributed by atoms with Gasteiger partial charge in [0.25, 0.3) is 11.8 Å². The molecule has 2 aromatic carbocycles. The summed E-state index contributed by atoms with van der Waals surface area (Å²) in [6.45, 7) is -0.214. The Hall–Kier alpha value is -3.06. The van der Waals surface area contributed by atoms with Gasteiger partial charge in [0, 0.05) is 10.6 Å². The smallest absolute Gasteiger partial charge is 0.259 e. The Morgan fingerprint density at radius 1 is 1.12 bits per heavy atom. The predicted octanol–water partition coefficient (Wildman–Crippen LogP) is 2.24. The van der Waals surface area contributed by atoms with E-state index in [0.717, 1.165) is 0 Å². The number of carbonyl (C=O) groups excluding carboxylic acids is 2. The van der Waals surface area contributed by atoms with Gasteiger partial charge in [-0.1, -0.05) is 17.7 Å². The highest BCUT2D eigenvalue weighted by atomic mass is 35.5. The number of hydrazone groups is 1. The van der Waals surface area contributed by atoms with E-state index < -0.39 is 11.8 Å². The maximum atomic E-state index is 11.9. The quantitative estimate of drug-likeness (QED) is 0.573. The molecule has 0 aliphatic carbocycles. The fourth-order valence-corrected chi connectivity index (χ4v) is 2.23. The lowest BCUT2D eigenvalue weighted by molar-refractivity contribution is -0.120. The van der Waals surface area contributed by atoms with E-state index in [1.807, 2.05) is 0 Å². The average molecular weight is 376 g/mol. The number of nitrogens with one attached hydrogen (secondary N) is 2. The summed E-state index contributed by atoms with van der Waals surface area (Å²) in [5.41, 5.74) is 3.42. The molecule has 2 rings (SSSR count). The van der Waals surface area contributed by atoms with Crippen LogP contribution in [0.2, 0.25) is 5.02 Å². The standard InChI is InChI=1S/C18H18ClN3O4/c1-25-15-7-6-12(8-16(15)26-2)10-21-22-17(23)11-20-18(24)13-4-3-5-14(19)9-13/h3-10H,11H2,1-2H3,(H,20,24)(H,22,23). The summed E-state index contributed by atoms with van der Waals surface area (Å²) in [6, 6.07) is 11.7. The van der Waals surface area contributed by atoms with E-state index in [4.69, 9.17) is 21.1 Å². The van der Waals surface area contributed by atoms with E-state index in [2.05, 4.69) is 15.8 Å². The molecule has 8 heteroatoms. The Labute approximate surface area is 155 Å². The molecule has 0 fully saturated rings. The SMILES string of the molecule is COc1ccc(C=NNC(=O)CNC(=O)c2cccc(Cl)c2)cc1OC. The molecule has 0 unspecified atom stereocenters. The molecule has 0 aliphatic rings. The summed E-state index contributed by atoms with van der Waals surface area (Å²) < 4.78 is 10.3. The molecule has 2 amide bonds. The number of benzene rings is 2. The van der Waals surface area contributed by atoms with Gasteiger partial charge in [0.15, 0.2) is 11.5 Å². The first kappa shape index (κ1) is 19.3. The van der Waals surface area contributed by atoms with E-state index in [9.17, 15) is 9.59 Å². The zero-order chi connectivity index (χ0) is 18.9. The molecule has 2 aromatic rings. The van der Waals surface area contributed by atoms with E-state index in [1.54, 1.807) is 43.5 Å². The molecular weight excluding hydrogens is 358 g/mol. The van der Waals surface area contributed by atoms with Crippen molar-refractivity contribution in [2.75, 3.05) is 20.8 Å². The van der Waals surface area contributed by atoms with Gasteiger partial charge in [-0.05, 0) is 42.0 Å². The molecule has 136 valence electrons. The molecule has 7 nitrogen and oxygen atoms in total. The van der Waals surface area contributed by atoms with Crippen molar-refractivity contribution in [1.82, 2.24) is 10.7 Å². The third-order valence-electron chi connectivity index (χ3n) is 3.31. The normalized spacial score (nSPS) is 10.4. The van der Waals surface area contributed by atoms with Crippen LogP contribution in [-0.2, 0) is 4.79 Å². The number of amides is 2. The van der Waals surface area contributed by atoms with Crippen molar-refractivity contribution in [2.45, 2.75) is 0 Å². The maximum absolute atomic E-state index is 11.9. The van der Waals surface area contributed by atoms with Gasteiger partial charge in [0.2, 0.25) is 0 Å². The lowest BCUT2D eigenvalue weighted by atomic mass is 10.2. The van der Waals surface area contributed by atoms with Crippen LogP contribution in [0.3, 0.4) is 0 Å². The third kappa shape index (κ3) is 5.49. The van der Waals surface area contributed by atoms with Crippen molar-refractivity contribution in [3.63, 3.8) is 0 Å². The van der Waals surface area contributed by atoms with Crippen LogP contribution < -0.4 is 20.2 Å². The fourth-order valence-electron chi connectivity index (χ4n) is 2.04. The molecular formula is C18H18ClN3O4. The van der Waals surface area contributed by atoms with Gasteiger partial charge in [-0.2, -0.15) is 5.10 Å². The van der Waals surface area contributed by atoms with Gasteiger partial charge in [-0.25, -0.2) is 5.43 Å². The van der Waals surface area contributed by atoms with Gasteiger partial charge < -0.3 is 14.8 Å². The Bertz CT molecular complexity index is 824. The van der Waals surface area contributed by atoms with Gasteiger partial charge >= 0.3 is 0 Å². The summed E-state index contributed by atoms with van der Waals surface area (Å²) in [7, 11) is 3.08. The highest BCUT2D eigenvalue weighted by Gasteiger charge is 2.08. The highest BCUT2D eigenvalue weighted by molar-refractivity contribution is 6.30. The second kappa shape index (κ2) is 9.43. The molecule has 0 atom stereocenters. The minimum absolute atomic E-state index is 0.214. The molecule has 26 heavy (non-hydrogen) atoms. The summed E-state index contributed by atoms with van der Waals surface area (Å²) >= 11 is 5.82. The minimum atomic E-state index is -0.461. The second-order valence-electron chi connectivity index (χ2n) is 5.10. The summed E-state index contributed by atoms with van der Waals surface area (Å²) in [4.78, 5) is 23.7. The number of nitrogens with zero attached hydrogens (tertiary/aromatic N) is 1. The molecule has 2 N–H and O–H groups in total. The van der Waals surface area contributed by atoms with Crippen molar-refractivity contribution in [1.29, 1.82) is 0 Å². The van der Waals surface area contributed by atoms with Crippen LogP contribution in [0.5, 0.6) is 11.5 Å². The molecule has 0 spiro atoms.